The molecule has 0 radical (unpaired) electrons. The van der Waals surface area contributed by atoms with Gasteiger partial charge in [-0.3, -0.25) is 19.3 Å². The molecule has 2 aromatic heterocycles. The minimum absolute atomic E-state index is 0.0512. The lowest BCUT2D eigenvalue weighted by molar-refractivity contribution is -0.117. The average Bonchev–Trinajstić information content (AvgIpc) is 3.34. The first-order chi connectivity index (χ1) is 19.3. The van der Waals surface area contributed by atoms with Gasteiger partial charge in [-0.25, -0.2) is 13.9 Å². The number of carbonyl (C=O) groups is 3. The van der Waals surface area contributed by atoms with Gasteiger partial charge in [0, 0.05) is 57.2 Å². The molecular weight excluding hydrogens is 535 g/mol. The van der Waals surface area contributed by atoms with Crippen LogP contribution in [0.5, 0.6) is 0 Å². The largest absolute Gasteiger partial charge is 0.444 e. The molecule has 3 rings (SSSR count). The van der Waals surface area contributed by atoms with Crippen LogP contribution in [-0.4, -0.2) is 98.3 Å². The maximum Gasteiger partial charge on any atom is 0.410 e. The minimum atomic E-state index is -1.31. The Morgan fingerprint density at radius 3 is 2.49 bits per heavy atom. The second kappa shape index (κ2) is 14.2. The molecule has 2 N–H and O–H groups in total. The van der Waals surface area contributed by atoms with Gasteiger partial charge in [-0.05, 0) is 39.2 Å². The average molecular weight is 577 g/mol. The van der Waals surface area contributed by atoms with Gasteiger partial charge in [0.25, 0.3) is 11.5 Å². The zero-order chi connectivity index (χ0) is 30.2. The van der Waals surface area contributed by atoms with Gasteiger partial charge in [-0.1, -0.05) is 19.1 Å². The van der Waals surface area contributed by atoms with Gasteiger partial charge < -0.3 is 24.8 Å². The van der Waals surface area contributed by atoms with Gasteiger partial charge in [-0.2, -0.15) is 0 Å². The number of aromatic nitrogens is 4. The molecule has 1 unspecified atom stereocenters. The maximum absolute atomic E-state index is 14.6. The van der Waals surface area contributed by atoms with Crippen LogP contribution in [0.1, 0.15) is 51.5 Å². The third-order valence-electron chi connectivity index (χ3n) is 6.18. The van der Waals surface area contributed by atoms with E-state index in [1.165, 1.54) is 27.7 Å². The number of rotatable bonds is 11. The molecule has 0 aliphatic carbocycles. The van der Waals surface area contributed by atoms with Crippen molar-refractivity contribution in [3.05, 3.63) is 40.6 Å². The Morgan fingerprint density at radius 2 is 1.85 bits per heavy atom. The van der Waals surface area contributed by atoms with E-state index >= 15 is 0 Å². The molecule has 1 aliphatic heterocycles. The number of carbonyl (C=O) groups excluding carboxylic acids is 3. The Labute approximate surface area is 239 Å². The zero-order valence-corrected chi connectivity index (χ0v) is 24.4. The molecule has 14 heteroatoms. The van der Waals surface area contributed by atoms with E-state index in [1.54, 1.807) is 11.0 Å². The number of nitrogens with zero attached hydrogens (tertiary/aromatic N) is 6. The molecular formula is C27H41FN8O5. The molecule has 1 saturated heterocycles. The number of anilines is 1. The van der Waals surface area contributed by atoms with E-state index in [1.807, 2.05) is 39.5 Å². The summed E-state index contributed by atoms with van der Waals surface area (Å²) in [5.41, 5.74) is -0.460. The first-order valence-corrected chi connectivity index (χ1v) is 13.8. The van der Waals surface area contributed by atoms with Gasteiger partial charge in [-0.15, -0.1) is 5.10 Å². The van der Waals surface area contributed by atoms with Crippen molar-refractivity contribution in [2.24, 2.45) is 5.92 Å². The summed E-state index contributed by atoms with van der Waals surface area (Å²) in [5.74, 6) is -0.348. The van der Waals surface area contributed by atoms with E-state index < -0.39 is 11.8 Å². The van der Waals surface area contributed by atoms with Crippen molar-refractivity contribution in [1.29, 1.82) is 0 Å². The monoisotopic (exact) mass is 576 g/mol. The summed E-state index contributed by atoms with van der Waals surface area (Å²) in [6, 6.07) is 2.89. The zero-order valence-electron chi connectivity index (χ0n) is 24.4. The second-order valence-corrected chi connectivity index (χ2v) is 11.6. The smallest absolute Gasteiger partial charge is 0.410 e. The molecule has 226 valence electrons. The van der Waals surface area contributed by atoms with E-state index in [0.29, 0.717) is 38.4 Å². The van der Waals surface area contributed by atoms with Crippen molar-refractivity contribution in [3.8, 4) is 0 Å². The summed E-state index contributed by atoms with van der Waals surface area (Å²) in [6.45, 7) is 12.0. The first kappa shape index (κ1) is 31.7. The highest BCUT2D eigenvalue weighted by Gasteiger charge is 2.26. The Morgan fingerprint density at radius 1 is 1.15 bits per heavy atom. The van der Waals surface area contributed by atoms with Gasteiger partial charge in [0.1, 0.15) is 11.8 Å². The lowest BCUT2D eigenvalue weighted by Gasteiger charge is -2.35. The van der Waals surface area contributed by atoms with Crippen LogP contribution in [0.4, 0.5) is 14.9 Å². The molecule has 13 nitrogen and oxygen atoms in total. The van der Waals surface area contributed by atoms with Crippen LogP contribution < -0.4 is 16.2 Å². The fourth-order valence-electron chi connectivity index (χ4n) is 4.04. The summed E-state index contributed by atoms with van der Waals surface area (Å²) in [7, 11) is 0. The number of hydrogen-bond acceptors (Lipinski definition) is 8. The van der Waals surface area contributed by atoms with Crippen LogP contribution in [0.15, 0.2) is 29.3 Å². The Hall–Kier alpha value is -3.81. The van der Waals surface area contributed by atoms with Crippen LogP contribution in [0.2, 0.25) is 0 Å². The van der Waals surface area contributed by atoms with E-state index in [4.69, 9.17) is 4.74 Å². The topological polar surface area (TPSA) is 144 Å². The van der Waals surface area contributed by atoms with Crippen LogP contribution >= 0.6 is 0 Å². The number of ether oxygens (including phenoxy) is 1. The molecule has 2 aromatic rings. The maximum atomic E-state index is 14.6. The molecule has 0 saturated carbocycles. The molecule has 1 aliphatic rings. The Balaban J connectivity index is 1.41. The summed E-state index contributed by atoms with van der Waals surface area (Å²) in [6.07, 6.45) is 1.28. The Bertz CT molecular complexity index is 1250. The van der Waals surface area contributed by atoms with Gasteiger partial charge in [0.2, 0.25) is 5.91 Å². The van der Waals surface area contributed by atoms with Gasteiger partial charge in [0.15, 0.2) is 5.69 Å². The lowest BCUT2D eigenvalue weighted by Crippen LogP contribution is -2.51. The van der Waals surface area contributed by atoms with Crippen LogP contribution in [0.3, 0.4) is 0 Å². The fraction of sp³-hybridized carbons (Fsp3) is 0.630. The summed E-state index contributed by atoms with van der Waals surface area (Å²) in [5, 5.41) is 13.1. The van der Waals surface area contributed by atoms with Crippen molar-refractivity contribution < 1.29 is 23.5 Å². The number of amides is 3. The molecule has 1 fully saturated rings. The minimum Gasteiger partial charge on any atom is -0.444 e. The van der Waals surface area contributed by atoms with Crippen molar-refractivity contribution >= 4 is 23.6 Å². The van der Waals surface area contributed by atoms with Crippen molar-refractivity contribution in [1.82, 2.24) is 34.7 Å². The summed E-state index contributed by atoms with van der Waals surface area (Å²) < 4.78 is 22.6. The molecule has 3 amide bonds. The molecule has 0 aromatic carbocycles. The number of pyridine rings is 1. The molecule has 3 heterocycles. The van der Waals surface area contributed by atoms with Crippen molar-refractivity contribution in [2.45, 2.75) is 65.9 Å². The summed E-state index contributed by atoms with van der Waals surface area (Å²) >= 11 is 0. The predicted molar refractivity (Wildman–Crippen MR) is 150 cm³/mol. The van der Waals surface area contributed by atoms with E-state index in [0.717, 1.165) is 0 Å². The van der Waals surface area contributed by atoms with Crippen molar-refractivity contribution in [2.75, 3.05) is 44.6 Å². The van der Waals surface area contributed by atoms with E-state index in [-0.39, 0.29) is 61.1 Å². The normalized spacial score (nSPS) is 15.0. The van der Waals surface area contributed by atoms with E-state index in [2.05, 4.69) is 20.9 Å². The number of hydrogen-bond donors (Lipinski definition) is 2. The molecule has 41 heavy (non-hydrogen) atoms. The predicted octanol–water partition coefficient (Wildman–Crippen LogP) is 1.75. The van der Waals surface area contributed by atoms with E-state index in [9.17, 15) is 23.6 Å². The highest BCUT2D eigenvalue weighted by atomic mass is 19.1. The highest BCUT2D eigenvalue weighted by molar-refractivity contribution is 5.92. The number of halogens is 1. The number of aryl methyl sites for hydroxylation is 1. The third kappa shape index (κ3) is 10.6. The fourth-order valence-corrected chi connectivity index (χ4v) is 4.04. The standard InChI is InChI=1S/C27H41FN8O5/c1-19(2)15-29-25(39)22-17-36(32-31-22)16-20(28)6-8-34-9-7-21(14-24(34)38)30-23(37)18-33-10-12-35(13-11-33)26(40)41-27(3,4)5/h7,9,14,17,19-20H,6,8,10-13,15-16,18H2,1-5H3,(H,29,39)(H,30,37). The first-order valence-electron chi connectivity index (χ1n) is 13.8. The van der Waals surface area contributed by atoms with Gasteiger partial charge in [0.05, 0.1) is 19.3 Å². The molecule has 0 spiro atoms. The highest BCUT2D eigenvalue weighted by Crippen LogP contribution is 2.12. The SMILES string of the molecule is CC(C)CNC(=O)c1cn(CC(F)CCn2ccc(NC(=O)CN3CCN(C(=O)OC(C)(C)C)CC3)cc2=O)nn1. The number of alkyl halides is 1. The number of piperazine rings is 1. The van der Waals surface area contributed by atoms with Crippen LogP contribution in [0.25, 0.3) is 0 Å². The molecule has 1 atom stereocenters. The number of nitrogens with one attached hydrogen (secondary N) is 2. The summed E-state index contributed by atoms with van der Waals surface area (Å²) in [4.78, 5) is 52.9. The molecule has 0 bridgehead atoms. The third-order valence-corrected chi connectivity index (χ3v) is 6.18. The Kier molecular flexibility index (Phi) is 11.0. The van der Waals surface area contributed by atoms with Crippen molar-refractivity contribution in [3.63, 3.8) is 0 Å². The quantitative estimate of drug-likeness (QED) is 0.412. The van der Waals surface area contributed by atoms with Gasteiger partial charge >= 0.3 is 6.09 Å². The van der Waals surface area contributed by atoms with Crippen LogP contribution in [-0.2, 0) is 22.6 Å². The van der Waals surface area contributed by atoms with Crippen LogP contribution in [0, 0.1) is 5.92 Å². The second-order valence-electron chi connectivity index (χ2n) is 11.6. The lowest BCUT2D eigenvalue weighted by atomic mass is 10.2.